The Morgan fingerprint density at radius 1 is 1.31 bits per heavy atom. The molecule has 0 radical (unpaired) electrons. The van der Waals surface area contributed by atoms with Crippen LogP contribution in [0, 0.1) is 10.1 Å². The van der Waals surface area contributed by atoms with Gasteiger partial charge >= 0.3 is 0 Å². The van der Waals surface area contributed by atoms with E-state index in [-0.39, 0.29) is 5.69 Å². The number of thiazole rings is 1. The van der Waals surface area contributed by atoms with Crippen LogP contribution in [0.3, 0.4) is 0 Å². The largest absolute Gasteiger partial charge is 0.496 e. The maximum absolute atomic E-state index is 11.4. The van der Waals surface area contributed by atoms with Crippen LogP contribution in [-0.4, -0.2) is 40.1 Å². The van der Waals surface area contributed by atoms with E-state index in [1.807, 2.05) is 12.1 Å². The minimum atomic E-state index is -0.439. The Labute approximate surface area is 203 Å². The van der Waals surface area contributed by atoms with E-state index < -0.39 is 4.92 Å². The Morgan fingerprint density at radius 3 is 2.78 bits per heavy atom. The first-order valence-corrected chi connectivity index (χ1v) is 12.1. The molecule has 0 bridgehead atoms. The Kier molecular flexibility index (Phi) is 7.02. The van der Waals surface area contributed by atoms with Gasteiger partial charge in [0.2, 0.25) is 0 Å². The summed E-state index contributed by atoms with van der Waals surface area (Å²) in [5.41, 5.74) is 2.40. The van der Waals surface area contributed by atoms with Crippen LogP contribution in [-0.2, 0) is 0 Å². The van der Waals surface area contributed by atoms with Crippen LogP contribution in [0.4, 0.5) is 11.4 Å². The van der Waals surface area contributed by atoms with Gasteiger partial charge in [-0.05, 0) is 49.3 Å². The predicted molar refractivity (Wildman–Crippen MR) is 135 cm³/mol. The molecule has 0 unspecified atom stereocenters. The van der Waals surface area contributed by atoms with E-state index in [9.17, 15) is 10.1 Å². The molecule has 1 aromatic heterocycles. The molecule has 1 aliphatic rings. The second kappa shape index (κ2) is 9.93. The Bertz CT molecular complexity index is 1150. The summed E-state index contributed by atoms with van der Waals surface area (Å²) in [5.74, 6) is 0.815. The molecule has 0 aliphatic carbocycles. The summed E-state index contributed by atoms with van der Waals surface area (Å²) in [6.07, 6.45) is 1.86. The highest BCUT2D eigenvalue weighted by molar-refractivity contribution is 9.10. The van der Waals surface area contributed by atoms with Gasteiger partial charge in [-0.1, -0.05) is 28.1 Å². The molecule has 1 fully saturated rings. The van der Waals surface area contributed by atoms with Gasteiger partial charge in [-0.15, -0.1) is 11.3 Å². The molecule has 166 valence electrons. The fourth-order valence-corrected chi connectivity index (χ4v) is 5.37. The summed E-state index contributed by atoms with van der Waals surface area (Å²) >= 11 is 10.8. The number of thiocarbonyl (C=S) groups is 1. The number of nitrogens with zero attached hydrogens (tertiary/aromatic N) is 3. The van der Waals surface area contributed by atoms with Gasteiger partial charge in [0.05, 0.1) is 28.8 Å². The summed E-state index contributed by atoms with van der Waals surface area (Å²) in [6, 6.07) is 12.8. The summed E-state index contributed by atoms with van der Waals surface area (Å²) < 4.78 is 6.13. The number of ether oxygens (including phenoxy) is 1. The molecule has 2 aromatic carbocycles. The van der Waals surface area contributed by atoms with Gasteiger partial charge in [0.1, 0.15) is 11.4 Å². The number of anilines is 1. The number of methoxy groups -OCH3 is 1. The number of rotatable bonds is 5. The third-order valence-electron chi connectivity index (χ3n) is 5.42. The van der Waals surface area contributed by atoms with Crippen molar-refractivity contribution in [3.8, 4) is 17.0 Å². The lowest BCUT2D eigenvalue weighted by Crippen LogP contribution is -2.40. The number of hydrogen-bond acceptors (Lipinski definition) is 6. The number of aromatic nitrogens is 1. The highest BCUT2D eigenvalue weighted by Crippen LogP contribution is 2.34. The van der Waals surface area contributed by atoms with Crippen molar-refractivity contribution in [1.29, 1.82) is 0 Å². The highest BCUT2D eigenvalue weighted by Gasteiger charge is 2.26. The van der Waals surface area contributed by atoms with E-state index in [1.165, 1.54) is 13.2 Å². The summed E-state index contributed by atoms with van der Waals surface area (Å²) in [4.78, 5) is 17.9. The average Bonchev–Trinajstić information content (AvgIpc) is 3.30. The van der Waals surface area contributed by atoms with Crippen molar-refractivity contribution in [2.75, 3.05) is 25.5 Å². The zero-order chi connectivity index (χ0) is 22.7. The Morgan fingerprint density at radius 2 is 2.09 bits per heavy atom. The molecule has 1 saturated heterocycles. The van der Waals surface area contributed by atoms with Crippen molar-refractivity contribution in [2.45, 2.75) is 18.8 Å². The molecule has 0 amide bonds. The molecular formula is C22H21BrN4O3S2. The van der Waals surface area contributed by atoms with Crippen LogP contribution in [0.25, 0.3) is 11.3 Å². The highest BCUT2D eigenvalue weighted by atomic mass is 79.9. The third kappa shape index (κ3) is 5.08. The predicted octanol–water partition coefficient (Wildman–Crippen LogP) is 6.07. The minimum Gasteiger partial charge on any atom is -0.496 e. The van der Waals surface area contributed by atoms with Crippen molar-refractivity contribution >= 4 is 56.0 Å². The number of likely N-dealkylation sites (tertiary alicyclic amines) is 1. The van der Waals surface area contributed by atoms with Crippen molar-refractivity contribution in [3.05, 3.63) is 67.4 Å². The number of nitro groups is 1. The molecule has 1 N–H and O–H groups in total. The smallest absolute Gasteiger partial charge is 0.296 e. The van der Waals surface area contributed by atoms with Crippen molar-refractivity contribution in [1.82, 2.24) is 9.88 Å². The van der Waals surface area contributed by atoms with Gasteiger partial charge in [-0.25, -0.2) is 4.98 Å². The fraction of sp³-hybridized carbons (Fsp3) is 0.273. The maximum Gasteiger partial charge on any atom is 0.296 e. The van der Waals surface area contributed by atoms with Crippen molar-refractivity contribution in [2.24, 2.45) is 0 Å². The van der Waals surface area contributed by atoms with Gasteiger partial charge in [-0.3, -0.25) is 10.1 Å². The SMILES string of the molecule is COc1ccc(NC(=S)N2CCC(c3nc(-c4cccc(Br)c4)cs3)CC2)c([N+](=O)[O-])c1. The first-order valence-electron chi connectivity index (χ1n) is 10.0. The van der Waals surface area contributed by atoms with Crippen LogP contribution < -0.4 is 10.1 Å². The molecule has 4 rings (SSSR count). The topological polar surface area (TPSA) is 80.5 Å². The molecule has 1 aliphatic heterocycles. The molecule has 0 atom stereocenters. The normalized spacial score (nSPS) is 14.2. The van der Waals surface area contributed by atoms with Crippen molar-refractivity contribution < 1.29 is 9.66 Å². The number of nitro benzene ring substituents is 1. The lowest BCUT2D eigenvalue weighted by atomic mass is 9.98. The molecule has 0 saturated carbocycles. The summed E-state index contributed by atoms with van der Waals surface area (Å²) in [7, 11) is 1.48. The molecular weight excluding hydrogens is 512 g/mol. The van der Waals surface area contributed by atoms with Gasteiger partial charge in [-0.2, -0.15) is 0 Å². The van der Waals surface area contributed by atoms with Crippen LogP contribution >= 0.6 is 39.5 Å². The number of halogens is 1. The molecule has 7 nitrogen and oxygen atoms in total. The van der Waals surface area contributed by atoms with E-state index in [0.717, 1.165) is 46.7 Å². The van der Waals surface area contributed by atoms with Crippen LogP contribution in [0.2, 0.25) is 0 Å². The van der Waals surface area contributed by atoms with Gasteiger partial charge in [0, 0.05) is 34.4 Å². The van der Waals surface area contributed by atoms with Crippen LogP contribution in [0.5, 0.6) is 5.75 Å². The van der Waals surface area contributed by atoms with Gasteiger partial charge < -0.3 is 15.0 Å². The first-order chi connectivity index (χ1) is 15.4. The molecule has 32 heavy (non-hydrogen) atoms. The minimum absolute atomic E-state index is 0.0653. The number of hydrogen-bond donors (Lipinski definition) is 1. The number of benzene rings is 2. The van der Waals surface area contributed by atoms with E-state index in [4.69, 9.17) is 21.9 Å². The Balaban J connectivity index is 1.38. The van der Waals surface area contributed by atoms with Gasteiger partial charge in [0.15, 0.2) is 5.11 Å². The first kappa shape index (κ1) is 22.6. The molecule has 3 aromatic rings. The number of nitrogens with one attached hydrogen (secondary N) is 1. The number of piperidine rings is 1. The molecule has 0 spiro atoms. The second-order valence-corrected chi connectivity index (χ2v) is 9.61. The monoisotopic (exact) mass is 532 g/mol. The van der Waals surface area contributed by atoms with Crippen LogP contribution in [0.15, 0.2) is 52.3 Å². The van der Waals surface area contributed by atoms with E-state index >= 15 is 0 Å². The van der Waals surface area contributed by atoms with E-state index in [0.29, 0.717) is 22.5 Å². The summed E-state index contributed by atoms with van der Waals surface area (Å²) in [5, 5.41) is 18.2. The van der Waals surface area contributed by atoms with E-state index in [2.05, 4.69) is 43.7 Å². The zero-order valence-electron chi connectivity index (χ0n) is 17.3. The standard InChI is InChI=1S/C22H21BrN4O3S2/c1-30-17-5-6-18(20(12-17)27(28)29)25-22(31)26-9-7-14(8-10-26)21-24-19(13-32-21)15-3-2-4-16(23)11-15/h2-6,11-14H,7-10H2,1H3,(H,25,31). The lowest BCUT2D eigenvalue weighted by molar-refractivity contribution is -0.384. The van der Waals surface area contributed by atoms with Gasteiger partial charge in [0.25, 0.3) is 5.69 Å². The fourth-order valence-electron chi connectivity index (χ4n) is 3.67. The van der Waals surface area contributed by atoms with E-state index in [1.54, 1.807) is 23.5 Å². The molecule has 10 heteroatoms. The third-order valence-corrected chi connectivity index (χ3v) is 7.28. The quantitative estimate of drug-likeness (QED) is 0.242. The molecule has 2 heterocycles. The maximum atomic E-state index is 11.4. The lowest BCUT2D eigenvalue weighted by Gasteiger charge is -2.33. The zero-order valence-corrected chi connectivity index (χ0v) is 20.5. The van der Waals surface area contributed by atoms with Crippen LogP contribution in [0.1, 0.15) is 23.8 Å². The van der Waals surface area contributed by atoms with Crippen molar-refractivity contribution in [3.63, 3.8) is 0 Å². The average molecular weight is 533 g/mol. The second-order valence-electron chi connectivity index (χ2n) is 7.41. The Hall–Kier alpha value is -2.56. The summed E-state index contributed by atoms with van der Waals surface area (Å²) in [6.45, 7) is 1.54.